The number of amides is 5. The largest absolute Gasteiger partial charge is 0.377 e. The minimum atomic E-state index is -0.732. The Morgan fingerprint density at radius 3 is 1.46 bits per heavy atom. The molecule has 0 saturated carbocycles. The molecule has 372 valence electrons. The number of ether oxygens (including phenoxy) is 9. The molecule has 0 aliphatic rings. The number of nitrogens with two attached hydrogens (primary N) is 1. The Morgan fingerprint density at radius 2 is 1.02 bits per heavy atom. The van der Waals surface area contributed by atoms with Gasteiger partial charge in [0.25, 0.3) is 0 Å². The van der Waals surface area contributed by atoms with Crippen LogP contribution >= 0.6 is 0 Å². The zero-order chi connectivity index (χ0) is 47.6. The highest BCUT2D eigenvalue weighted by atomic mass is 16.6. The molecule has 0 bridgehead atoms. The summed E-state index contributed by atoms with van der Waals surface area (Å²) in [6, 6.07) is -1.39. The maximum atomic E-state index is 12.4. The van der Waals surface area contributed by atoms with Crippen molar-refractivity contribution in [1.82, 2.24) is 31.2 Å². The second kappa shape index (κ2) is 41.3. The van der Waals surface area contributed by atoms with Gasteiger partial charge < -0.3 is 69.6 Å². The smallest absolute Gasteiger partial charge is 0.312 e. The van der Waals surface area contributed by atoms with Crippen molar-refractivity contribution in [3.8, 4) is 0 Å². The number of ketones is 1. The molecular formula is C44H77N7O14. The van der Waals surface area contributed by atoms with Crippen LogP contribution in [0.3, 0.4) is 0 Å². The number of rotatable bonds is 44. The van der Waals surface area contributed by atoms with Gasteiger partial charge in [-0.1, -0.05) is 39.8 Å². The van der Waals surface area contributed by atoms with Crippen molar-refractivity contribution < 1.29 is 66.6 Å². The van der Waals surface area contributed by atoms with Crippen LogP contribution < -0.4 is 27.0 Å². The number of unbranched alkanes of at least 4 members (excludes halogenated alkanes) is 1. The topological polar surface area (TPSA) is 268 Å². The average Bonchev–Trinajstić information content (AvgIpc) is 3.27. The second-order valence-corrected chi connectivity index (χ2v) is 15.0. The number of hydrogen-bond donors (Lipinski definition) is 5. The standard InChI is InChI=1S/C44H77N7O14/c1-35(2)42(55)38(10-8-12-48-44(45)56)51-41(54)34-65-33-40(53)47-14-16-58-18-20-60-22-24-62-26-28-64-30-29-63-27-25-61-23-21-59-19-17-57-15-13-46-39(52)11-7-5-6-9-37-31-49-43(36(3)4)50-32-37/h6,9,31-32,35-36,38H,5,7-8,10-30,33-34H2,1-4H3,(H,46,52)(H,47,53)(H,51,54)(H3,45,48,56)/t38-/m0/s1. The van der Waals surface area contributed by atoms with E-state index in [2.05, 4.69) is 45.1 Å². The van der Waals surface area contributed by atoms with E-state index in [1.54, 1.807) is 13.8 Å². The number of carbonyl (C=O) groups is 5. The van der Waals surface area contributed by atoms with Gasteiger partial charge in [-0.25, -0.2) is 14.8 Å². The van der Waals surface area contributed by atoms with Crippen LogP contribution in [0.25, 0.3) is 6.08 Å². The highest BCUT2D eigenvalue weighted by Crippen LogP contribution is 2.09. The fraction of sp³-hybridized carbons (Fsp3) is 0.750. The van der Waals surface area contributed by atoms with Crippen molar-refractivity contribution in [2.45, 2.75) is 71.8 Å². The van der Waals surface area contributed by atoms with Gasteiger partial charge in [-0.05, 0) is 25.7 Å². The van der Waals surface area contributed by atoms with E-state index >= 15 is 0 Å². The summed E-state index contributed by atoms with van der Waals surface area (Å²) in [6.45, 7) is 14.6. The number of carbonyl (C=O) groups excluding carboxylic acids is 5. The number of aromatic nitrogens is 2. The number of hydrogen-bond acceptors (Lipinski definition) is 16. The predicted molar refractivity (Wildman–Crippen MR) is 241 cm³/mol. The molecule has 0 fully saturated rings. The van der Waals surface area contributed by atoms with Crippen LogP contribution in [-0.4, -0.2) is 184 Å². The molecule has 0 unspecified atom stereocenters. The van der Waals surface area contributed by atoms with Gasteiger partial charge in [0.15, 0.2) is 5.78 Å². The molecule has 21 nitrogen and oxygen atoms in total. The highest BCUT2D eigenvalue weighted by Gasteiger charge is 2.23. The lowest BCUT2D eigenvalue weighted by Gasteiger charge is -2.19. The van der Waals surface area contributed by atoms with Crippen LogP contribution in [0.4, 0.5) is 4.79 Å². The molecule has 65 heavy (non-hydrogen) atoms. The molecule has 1 aromatic rings. The van der Waals surface area contributed by atoms with E-state index in [1.807, 2.05) is 24.5 Å². The SMILES string of the molecule is CC(C)C(=O)[C@H](CCCNC(N)=O)NC(=O)COCC(=O)NCCOCCOCCOCCOCCOCCOCCOCCOCCNC(=O)CCCC=Cc1cnc(C(C)C)nc1. The van der Waals surface area contributed by atoms with E-state index in [0.717, 1.165) is 24.2 Å². The van der Waals surface area contributed by atoms with Gasteiger partial charge in [-0.3, -0.25) is 19.2 Å². The number of nitrogens with zero attached hydrogens (tertiary/aromatic N) is 2. The first-order valence-electron chi connectivity index (χ1n) is 22.6. The lowest BCUT2D eigenvalue weighted by Crippen LogP contribution is -2.45. The normalized spacial score (nSPS) is 11.9. The third-order valence-electron chi connectivity index (χ3n) is 8.72. The van der Waals surface area contributed by atoms with Gasteiger partial charge in [0.2, 0.25) is 17.7 Å². The van der Waals surface area contributed by atoms with E-state index in [-0.39, 0.29) is 50.5 Å². The molecule has 0 radical (unpaired) electrons. The Balaban J connectivity index is 1.79. The first-order chi connectivity index (χ1) is 31.5. The van der Waals surface area contributed by atoms with Gasteiger partial charge in [0, 0.05) is 55.8 Å². The van der Waals surface area contributed by atoms with Gasteiger partial charge in [0.1, 0.15) is 19.0 Å². The number of allylic oxidation sites excluding steroid dienone is 1. The maximum Gasteiger partial charge on any atom is 0.312 e. The van der Waals surface area contributed by atoms with Gasteiger partial charge >= 0.3 is 6.03 Å². The molecule has 6 N–H and O–H groups in total. The molecule has 0 aromatic carbocycles. The third kappa shape index (κ3) is 36.7. The third-order valence-corrected chi connectivity index (χ3v) is 8.72. The Hall–Kier alpha value is -4.19. The highest BCUT2D eigenvalue weighted by molar-refractivity contribution is 5.90. The summed E-state index contributed by atoms with van der Waals surface area (Å²) in [7, 11) is 0. The molecule has 1 aromatic heterocycles. The van der Waals surface area contributed by atoms with Gasteiger partial charge in [-0.2, -0.15) is 0 Å². The molecule has 5 amide bonds. The minimum absolute atomic E-state index is 0.00993. The molecule has 1 heterocycles. The lowest BCUT2D eigenvalue weighted by molar-refractivity contribution is -0.134. The molecule has 21 heteroatoms. The van der Waals surface area contributed by atoms with Crippen molar-refractivity contribution in [1.29, 1.82) is 0 Å². The Morgan fingerprint density at radius 1 is 0.569 bits per heavy atom. The Kier molecular flexibility index (Phi) is 37.3. The first-order valence-corrected chi connectivity index (χ1v) is 22.6. The summed E-state index contributed by atoms with van der Waals surface area (Å²) >= 11 is 0. The van der Waals surface area contributed by atoms with Crippen molar-refractivity contribution >= 4 is 35.6 Å². The molecule has 0 saturated heterocycles. The summed E-state index contributed by atoms with van der Waals surface area (Å²) < 4.78 is 49.0. The maximum absolute atomic E-state index is 12.4. The molecule has 0 aliphatic heterocycles. The fourth-order valence-corrected chi connectivity index (χ4v) is 5.32. The zero-order valence-corrected chi connectivity index (χ0v) is 39.1. The van der Waals surface area contributed by atoms with E-state index in [1.165, 1.54) is 0 Å². The second-order valence-electron chi connectivity index (χ2n) is 15.0. The first kappa shape index (κ1) is 58.8. The Bertz CT molecular complexity index is 1420. The number of nitrogens with one attached hydrogen (secondary N) is 4. The zero-order valence-electron chi connectivity index (χ0n) is 39.1. The van der Waals surface area contributed by atoms with Crippen LogP contribution in [0.1, 0.15) is 77.1 Å². The van der Waals surface area contributed by atoms with E-state index in [9.17, 15) is 24.0 Å². The molecular weight excluding hydrogens is 851 g/mol. The summed E-state index contributed by atoms with van der Waals surface area (Å²) in [5.41, 5.74) is 5.99. The molecule has 0 aliphatic carbocycles. The molecule has 0 spiro atoms. The van der Waals surface area contributed by atoms with Gasteiger partial charge in [0.05, 0.1) is 112 Å². The van der Waals surface area contributed by atoms with E-state index in [4.69, 9.17) is 48.4 Å². The van der Waals surface area contributed by atoms with Crippen LogP contribution in [-0.2, 0) is 61.8 Å². The van der Waals surface area contributed by atoms with Crippen LogP contribution in [0, 0.1) is 5.92 Å². The van der Waals surface area contributed by atoms with E-state index < -0.39 is 23.9 Å². The number of urea groups is 1. The van der Waals surface area contributed by atoms with Crippen molar-refractivity contribution in [2.75, 3.05) is 139 Å². The molecule has 1 atom stereocenters. The Labute approximate surface area is 384 Å². The quantitative estimate of drug-likeness (QED) is 0.0578. The van der Waals surface area contributed by atoms with E-state index in [0.29, 0.717) is 131 Å². The fourth-order valence-electron chi connectivity index (χ4n) is 5.32. The average molecular weight is 928 g/mol. The minimum Gasteiger partial charge on any atom is -0.377 e. The van der Waals surface area contributed by atoms with Crippen molar-refractivity contribution in [3.63, 3.8) is 0 Å². The van der Waals surface area contributed by atoms with Gasteiger partial charge in [-0.15, -0.1) is 0 Å². The summed E-state index contributed by atoms with van der Waals surface area (Å²) in [4.78, 5) is 68.2. The summed E-state index contributed by atoms with van der Waals surface area (Å²) in [5.74, 6) is -0.223. The number of primary amides is 1. The monoisotopic (exact) mass is 928 g/mol. The number of Topliss-reactive ketones (excluding diaryl/α,β-unsaturated/α-hetero) is 1. The lowest BCUT2D eigenvalue weighted by atomic mass is 9.98. The van der Waals surface area contributed by atoms with Crippen molar-refractivity contribution in [2.24, 2.45) is 11.7 Å². The summed E-state index contributed by atoms with van der Waals surface area (Å²) in [5, 5.41) is 10.6. The summed E-state index contributed by atoms with van der Waals surface area (Å²) in [6.07, 6.45) is 10.4. The molecule has 1 rings (SSSR count). The van der Waals surface area contributed by atoms with Crippen LogP contribution in [0.5, 0.6) is 0 Å². The van der Waals surface area contributed by atoms with Crippen LogP contribution in [0.2, 0.25) is 0 Å². The van der Waals surface area contributed by atoms with Crippen LogP contribution in [0.15, 0.2) is 18.5 Å². The predicted octanol–water partition coefficient (Wildman–Crippen LogP) is 1.32. The van der Waals surface area contributed by atoms with Crippen molar-refractivity contribution in [3.05, 3.63) is 29.9 Å².